The normalized spacial score (nSPS) is 10.3. The van der Waals surface area contributed by atoms with Gasteiger partial charge < -0.3 is 1.43 Å². The first-order chi connectivity index (χ1) is 2.56. The maximum absolute atomic E-state index is 8.05. The van der Waals surface area contributed by atoms with E-state index in [1.165, 1.54) is 6.92 Å². The van der Waals surface area contributed by atoms with E-state index in [0.717, 1.165) is 0 Å². The minimum Gasteiger partial charge on any atom is -1.00 e. The fourth-order valence-corrected chi connectivity index (χ4v) is 0. The first-order valence-corrected chi connectivity index (χ1v) is 3.46. The van der Waals surface area contributed by atoms with Gasteiger partial charge in [-0.3, -0.25) is 0 Å². The van der Waals surface area contributed by atoms with Crippen LogP contribution in [0.4, 0.5) is 0 Å². The molecule has 0 radical (unpaired) electrons. The van der Waals surface area contributed by atoms with Crippen LogP contribution in [0, 0.1) is 0 Å². The summed E-state index contributed by atoms with van der Waals surface area (Å²) in [6.07, 6.45) is 0.0486. The molecule has 40 valence electrons. The second-order valence-electron chi connectivity index (χ2n) is 1.01. The topological polar surface area (TPSA) is 60.7 Å². The van der Waals surface area contributed by atoms with Crippen LogP contribution >= 0.6 is 7.94 Å². The van der Waals surface area contributed by atoms with Crippen molar-refractivity contribution in [3.05, 3.63) is 0 Å². The molecule has 0 bridgehead atoms. The molecule has 0 aromatic carbocycles. The van der Waals surface area contributed by atoms with Crippen LogP contribution in [0.1, 0.15) is 8.35 Å². The molecule has 0 saturated heterocycles. The van der Waals surface area contributed by atoms with E-state index in [1.807, 2.05) is 0 Å². The fourth-order valence-electron chi connectivity index (χ4n) is 0. The molecule has 0 amide bonds. The van der Waals surface area contributed by atoms with Crippen molar-refractivity contribution in [2.75, 3.05) is 6.16 Å². The summed E-state index contributed by atoms with van der Waals surface area (Å²) in [4.78, 5) is 24.1. The Kier molecular flexibility index (Phi) is 6.72. The molecule has 0 saturated carbocycles. The van der Waals surface area contributed by atoms with Gasteiger partial charge in [0.25, 0.3) is 0 Å². The van der Waals surface area contributed by atoms with Gasteiger partial charge in [-0.1, -0.05) is 0 Å². The van der Waals surface area contributed by atoms with Gasteiger partial charge in [-0.05, 0) is 6.92 Å². The summed E-state index contributed by atoms with van der Waals surface area (Å²) in [7, 11) is -3.40. The second kappa shape index (κ2) is 4.21. The molecule has 5 heteroatoms. The molecule has 0 unspecified atom stereocenters. The van der Waals surface area contributed by atoms with E-state index < -0.39 is 7.94 Å². The molecule has 3 N–H and O–H groups in total. The van der Waals surface area contributed by atoms with Gasteiger partial charge in [0, 0.05) is 0 Å². The fraction of sp³-hybridized carbons (Fsp3) is 1.00. The number of hydrogen-bond donors (Lipinski definition) is 3. The van der Waals surface area contributed by atoms with Crippen LogP contribution in [-0.2, 0) is 0 Å². The predicted octanol–water partition coefficient (Wildman–Crippen LogP) is -3.14. The molecule has 0 rings (SSSR count). The minimum absolute atomic E-state index is 0. The molecule has 0 heterocycles. The van der Waals surface area contributed by atoms with Crippen LogP contribution in [0.25, 0.3) is 0 Å². The summed E-state index contributed by atoms with van der Waals surface area (Å²) in [5.74, 6) is 0. The summed E-state index contributed by atoms with van der Waals surface area (Å²) in [6.45, 7) is 1.51. The maximum atomic E-state index is 8.05. The van der Waals surface area contributed by atoms with Gasteiger partial charge >= 0.3 is 37.5 Å². The van der Waals surface area contributed by atoms with Gasteiger partial charge in [0.1, 0.15) is 6.16 Å². The van der Waals surface area contributed by atoms with Crippen LogP contribution < -0.4 is 29.6 Å². The summed E-state index contributed by atoms with van der Waals surface area (Å²) < 4.78 is 0. The summed E-state index contributed by atoms with van der Waals surface area (Å²) in [5, 5.41) is 0. The van der Waals surface area contributed by atoms with Crippen molar-refractivity contribution in [3.63, 3.8) is 0 Å². The van der Waals surface area contributed by atoms with Gasteiger partial charge in [0.2, 0.25) is 0 Å². The standard InChI is InChI=1S/C2H8O3P.Na.H/c1-2-6(3,4)5;;/h3-5H,2H2,1H3;;/q2*+1;-1. The Morgan fingerprint density at radius 1 is 1.43 bits per heavy atom. The summed E-state index contributed by atoms with van der Waals surface area (Å²) >= 11 is 0. The third-order valence-corrected chi connectivity index (χ3v) is 1.27. The van der Waals surface area contributed by atoms with E-state index in [9.17, 15) is 0 Å². The van der Waals surface area contributed by atoms with E-state index in [2.05, 4.69) is 0 Å². The van der Waals surface area contributed by atoms with E-state index in [4.69, 9.17) is 14.7 Å². The van der Waals surface area contributed by atoms with E-state index in [0.29, 0.717) is 0 Å². The zero-order chi connectivity index (χ0) is 5.21. The van der Waals surface area contributed by atoms with Gasteiger partial charge in [0.15, 0.2) is 0 Å². The van der Waals surface area contributed by atoms with Crippen LogP contribution in [0.5, 0.6) is 0 Å². The Balaban J connectivity index is -0.000000125. The third kappa shape index (κ3) is 11.1. The van der Waals surface area contributed by atoms with Gasteiger partial charge in [-0.2, -0.15) is 14.7 Å². The molecule has 0 atom stereocenters. The maximum Gasteiger partial charge on any atom is 1.00 e. The van der Waals surface area contributed by atoms with Crippen LogP contribution in [0.15, 0.2) is 0 Å². The van der Waals surface area contributed by atoms with E-state index >= 15 is 0 Å². The largest absolute Gasteiger partial charge is 1.00 e. The molecule has 7 heavy (non-hydrogen) atoms. The SMILES string of the molecule is CC[P+](O)(O)O.[H-].[Na+]. The van der Waals surface area contributed by atoms with Crippen LogP contribution in [0.2, 0.25) is 0 Å². The van der Waals surface area contributed by atoms with Crippen molar-refractivity contribution in [2.45, 2.75) is 6.92 Å². The quantitative estimate of drug-likeness (QED) is 0.263. The van der Waals surface area contributed by atoms with Gasteiger partial charge in [-0.25, -0.2) is 0 Å². The van der Waals surface area contributed by atoms with E-state index in [1.54, 1.807) is 0 Å². The van der Waals surface area contributed by atoms with Crippen LogP contribution in [0.3, 0.4) is 0 Å². The molecular formula is C2H9NaO3P+. The predicted molar refractivity (Wildman–Crippen MR) is 25.2 cm³/mol. The Hall–Kier alpha value is 1.31. The molecule has 3 nitrogen and oxygen atoms in total. The summed E-state index contributed by atoms with van der Waals surface area (Å²) in [5.41, 5.74) is 0. The Bertz CT molecular complexity index is 47.0. The molecule has 0 aliphatic heterocycles. The van der Waals surface area contributed by atoms with Crippen molar-refractivity contribution in [3.8, 4) is 0 Å². The Morgan fingerprint density at radius 2 is 1.57 bits per heavy atom. The van der Waals surface area contributed by atoms with Crippen molar-refractivity contribution in [1.82, 2.24) is 0 Å². The van der Waals surface area contributed by atoms with Gasteiger partial charge in [-0.15, -0.1) is 0 Å². The molecule has 0 aromatic rings. The molecular weight excluding hydrogens is 126 g/mol. The Morgan fingerprint density at radius 3 is 1.57 bits per heavy atom. The van der Waals surface area contributed by atoms with Crippen molar-refractivity contribution in [1.29, 1.82) is 0 Å². The first-order valence-electron chi connectivity index (χ1n) is 1.62. The smallest absolute Gasteiger partial charge is 1.00 e. The number of rotatable bonds is 1. The first kappa shape index (κ1) is 11.2. The third-order valence-electron chi connectivity index (χ3n) is 0.424. The molecule has 0 spiro atoms. The van der Waals surface area contributed by atoms with E-state index in [-0.39, 0.29) is 37.1 Å². The van der Waals surface area contributed by atoms with Crippen LogP contribution in [-0.4, -0.2) is 20.8 Å². The van der Waals surface area contributed by atoms with Crippen molar-refractivity contribution < 1.29 is 45.7 Å². The summed E-state index contributed by atoms with van der Waals surface area (Å²) in [6, 6.07) is 0. The molecule has 0 aliphatic carbocycles. The number of hydrogen-bond acceptors (Lipinski definition) is 3. The Labute approximate surface area is 66.7 Å². The minimum atomic E-state index is -3.40. The average Bonchev–Trinajstić information content (AvgIpc) is 1.35. The van der Waals surface area contributed by atoms with Crippen molar-refractivity contribution >= 4 is 7.94 Å². The molecule has 0 fully saturated rings. The van der Waals surface area contributed by atoms with Gasteiger partial charge in [0.05, 0.1) is 0 Å². The molecule has 0 aromatic heterocycles. The average molecular weight is 135 g/mol. The monoisotopic (exact) mass is 135 g/mol. The molecule has 0 aliphatic rings. The zero-order valence-electron chi connectivity index (χ0n) is 5.50. The second-order valence-corrected chi connectivity index (χ2v) is 3.03. The van der Waals surface area contributed by atoms with Crippen molar-refractivity contribution in [2.24, 2.45) is 0 Å². The zero-order valence-corrected chi connectivity index (χ0v) is 7.39.